The molecule has 2 rings (SSSR count). The van der Waals surface area contributed by atoms with Crippen molar-refractivity contribution in [1.29, 1.82) is 0 Å². The second kappa shape index (κ2) is 9.12. The number of halogens is 4. The third-order valence-electron chi connectivity index (χ3n) is 3.76. The average molecular weight is 446 g/mol. The Morgan fingerprint density at radius 2 is 1.85 bits per heavy atom. The van der Waals surface area contributed by atoms with Gasteiger partial charge in [-0.25, -0.2) is 0 Å². The van der Waals surface area contributed by atoms with Gasteiger partial charge in [0.25, 0.3) is 5.91 Å². The fraction of sp³-hybridized carbons (Fsp3) is 0.316. The molecule has 2 aromatic carbocycles. The van der Waals surface area contributed by atoms with Crippen molar-refractivity contribution in [2.75, 3.05) is 20.3 Å². The first-order valence-electron chi connectivity index (χ1n) is 8.21. The number of benzene rings is 2. The van der Waals surface area contributed by atoms with Crippen LogP contribution in [0.15, 0.2) is 40.9 Å². The van der Waals surface area contributed by atoms with E-state index in [1.807, 2.05) is 6.92 Å². The van der Waals surface area contributed by atoms with Gasteiger partial charge in [-0.05, 0) is 59.1 Å². The van der Waals surface area contributed by atoms with E-state index in [0.717, 1.165) is 12.1 Å². The molecular weight excluding hydrogens is 427 g/mol. The van der Waals surface area contributed by atoms with E-state index >= 15 is 0 Å². The predicted molar refractivity (Wildman–Crippen MR) is 99.3 cm³/mol. The SMILES string of the molecule is CCOc1c(Br)cc(C(=O)NCCc2ccc(C(F)(F)F)cc2)cc1OC. The van der Waals surface area contributed by atoms with E-state index in [9.17, 15) is 18.0 Å². The van der Waals surface area contributed by atoms with Gasteiger partial charge in [-0.1, -0.05) is 12.1 Å². The summed E-state index contributed by atoms with van der Waals surface area (Å²) in [5.74, 6) is 0.629. The van der Waals surface area contributed by atoms with Crippen molar-refractivity contribution in [3.63, 3.8) is 0 Å². The number of rotatable bonds is 7. The molecule has 0 aliphatic rings. The maximum Gasteiger partial charge on any atom is 0.416 e. The van der Waals surface area contributed by atoms with Crippen molar-refractivity contribution < 1.29 is 27.4 Å². The summed E-state index contributed by atoms with van der Waals surface area (Å²) >= 11 is 3.36. The average Bonchev–Trinajstić information content (AvgIpc) is 2.62. The van der Waals surface area contributed by atoms with Crippen molar-refractivity contribution in [2.45, 2.75) is 19.5 Å². The molecule has 0 heterocycles. The first-order chi connectivity index (χ1) is 12.8. The quantitative estimate of drug-likeness (QED) is 0.662. The van der Waals surface area contributed by atoms with Crippen LogP contribution in [0.4, 0.5) is 13.2 Å². The van der Waals surface area contributed by atoms with Crippen LogP contribution in [0.3, 0.4) is 0 Å². The van der Waals surface area contributed by atoms with Gasteiger partial charge < -0.3 is 14.8 Å². The maximum absolute atomic E-state index is 12.6. The van der Waals surface area contributed by atoms with Crippen LogP contribution in [0.5, 0.6) is 11.5 Å². The minimum atomic E-state index is -4.35. The fourth-order valence-corrected chi connectivity index (χ4v) is 2.97. The standard InChI is InChI=1S/C19H19BrF3NO3/c1-3-27-17-15(20)10-13(11-16(17)26-2)18(25)24-9-8-12-4-6-14(7-5-12)19(21,22)23/h4-7,10-11H,3,8-9H2,1-2H3,(H,24,25). The first kappa shape index (κ1) is 21.1. The van der Waals surface area contributed by atoms with Crippen molar-refractivity contribution in [2.24, 2.45) is 0 Å². The fourth-order valence-electron chi connectivity index (χ4n) is 2.42. The number of carbonyl (C=O) groups excluding carboxylic acids is 1. The second-order valence-electron chi connectivity index (χ2n) is 5.62. The lowest BCUT2D eigenvalue weighted by Crippen LogP contribution is -2.25. The largest absolute Gasteiger partial charge is 0.493 e. The molecule has 4 nitrogen and oxygen atoms in total. The molecule has 0 saturated carbocycles. The summed E-state index contributed by atoms with van der Waals surface area (Å²) in [5.41, 5.74) is 0.393. The first-order valence-corrected chi connectivity index (χ1v) is 9.00. The number of hydrogen-bond donors (Lipinski definition) is 1. The lowest BCUT2D eigenvalue weighted by Gasteiger charge is -2.13. The molecule has 0 aromatic heterocycles. The highest BCUT2D eigenvalue weighted by atomic mass is 79.9. The lowest BCUT2D eigenvalue weighted by atomic mass is 10.1. The van der Waals surface area contributed by atoms with Crippen molar-refractivity contribution in [3.05, 3.63) is 57.6 Å². The summed E-state index contributed by atoms with van der Waals surface area (Å²) < 4.78 is 49.0. The molecule has 0 aliphatic heterocycles. The Hall–Kier alpha value is -2.22. The summed E-state index contributed by atoms with van der Waals surface area (Å²) in [7, 11) is 1.48. The molecule has 0 bridgehead atoms. The molecule has 27 heavy (non-hydrogen) atoms. The molecule has 0 radical (unpaired) electrons. The van der Waals surface area contributed by atoms with E-state index in [0.29, 0.717) is 40.1 Å². The summed E-state index contributed by atoms with van der Waals surface area (Å²) in [6, 6.07) is 8.08. The van der Waals surface area contributed by atoms with Crippen molar-refractivity contribution in [3.8, 4) is 11.5 Å². The van der Waals surface area contributed by atoms with Crippen LogP contribution < -0.4 is 14.8 Å². The Kier molecular flexibility index (Phi) is 7.12. The van der Waals surface area contributed by atoms with E-state index < -0.39 is 11.7 Å². The Morgan fingerprint density at radius 1 is 1.19 bits per heavy atom. The zero-order valence-corrected chi connectivity index (χ0v) is 16.4. The van der Waals surface area contributed by atoms with E-state index in [1.165, 1.54) is 19.2 Å². The molecule has 2 aromatic rings. The molecule has 0 unspecified atom stereocenters. The number of ether oxygens (including phenoxy) is 2. The topological polar surface area (TPSA) is 47.6 Å². The van der Waals surface area contributed by atoms with Crippen LogP contribution >= 0.6 is 15.9 Å². The number of hydrogen-bond acceptors (Lipinski definition) is 3. The van der Waals surface area contributed by atoms with Crippen LogP contribution in [0.1, 0.15) is 28.4 Å². The normalized spacial score (nSPS) is 11.2. The third kappa shape index (κ3) is 5.63. The molecule has 1 amide bonds. The summed E-state index contributed by atoms with van der Waals surface area (Å²) in [6.07, 6.45) is -3.94. The molecule has 0 aliphatic carbocycles. The molecule has 8 heteroatoms. The Bertz CT molecular complexity index is 792. The van der Waals surface area contributed by atoms with Gasteiger partial charge >= 0.3 is 6.18 Å². The van der Waals surface area contributed by atoms with Crippen LogP contribution in [0.2, 0.25) is 0 Å². The molecule has 146 valence electrons. The van der Waals surface area contributed by atoms with Crippen LogP contribution in [0, 0.1) is 0 Å². The predicted octanol–water partition coefficient (Wildman–Crippen LogP) is 4.85. The van der Waals surface area contributed by atoms with E-state index in [1.54, 1.807) is 12.1 Å². The van der Waals surface area contributed by atoms with Crippen LogP contribution in [-0.4, -0.2) is 26.2 Å². The highest BCUT2D eigenvalue weighted by molar-refractivity contribution is 9.10. The minimum Gasteiger partial charge on any atom is -0.493 e. The number of carbonyl (C=O) groups is 1. The Labute approximate surface area is 163 Å². The van der Waals surface area contributed by atoms with E-state index in [4.69, 9.17) is 9.47 Å². The lowest BCUT2D eigenvalue weighted by molar-refractivity contribution is -0.137. The molecule has 0 spiro atoms. The van der Waals surface area contributed by atoms with Gasteiger partial charge in [-0.15, -0.1) is 0 Å². The van der Waals surface area contributed by atoms with Crippen molar-refractivity contribution >= 4 is 21.8 Å². The number of amides is 1. The molecule has 0 fully saturated rings. The molecule has 0 saturated heterocycles. The molecule has 0 atom stereocenters. The van der Waals surface area contributed by atoms with Gasteiger partial charge in [0.05, 0.1) is 23.8 Å². The van der Waals surface area contributed by atoms with Gasteiger partial charge in [0.2, 0.25) is 0 Å². The highest BCUT2D eigenvalue weighted by Crippen LogP contribution is 2.36. The van der Waals surface area contributed by atoms with Crippen molar-refractivity contribution in [1.82, 2.24) is 5.32 Å². The second-order valence-corrected chi connectivity index (χ2v) is 6.48. The van der Waals surface area contributed by atoms with Gasteiger partial charge in [0, 0.05) is 12.1 Å². The summed E-state index contributed by atoms with van der Waals surface area (Å²) in [4.78, 5) is 12.3. The van der Waals surface area contributed by atoms with Gasteiger partial charge in [-0.3, -0.25) is 4.79 Å². The van der Waals surface area contributed by atoms with Gasteiger partial charge in [0.15, 0.2) is 11.5 Å². The number of methoxy groups -OCH3 is 1. The molecular formula is C19H19BrF3NO3. The van der Waals surface area contributed by atoms with Gasteiger partial charge in [0.1, 0.15) is 0 Å². The van der Waals surface area contributed by atoms with Gasteiger partial charge in [-0.2, -0.15) is 13.2 Å². The Balaban J connectivity index is 1.98. The smallest absolute Gasteiger partial charge is 0.416 e. The van der Waals surface area contributed by atoms with E-state index in [2.05, 4.69) is 21.2 Å². The summed E-state index contributed by atoms with van der Waals surface area (Å²) in [5, 5.41) is 2.74. The third-order valence-corrected chi connectivity index (χ3v) is 4.35. The Morgan fingerprint density at radius 3 is 2.41 bits per heavy atom. The number of nitrogens with one attached hydrogen (secondary N) is 1. The highest BCUT2D eigenvalue weighted by Gasteiger charge is 2.29. The summed E-state index contributed by atoms with van der Waals surface area (Å²) in [6.45, 7) is 2.58. The minimum absolute atomic E-state index is 0.289. The monoisotopic (exact) mass is 445 g/mol. The number of alkyl halides is 3. The van der Waals surface area contributed by atoms with E-state index in [-0.39, 0.29) is 12.5 Å². The van der Waals surface area contributed by atoms with Crippen LogP contribution in [-0.2, 0) is 12.6 Å². The van der Waals surface area contributed by atoms with Crippen LogP contribution in [0.25, 0.3) is 0 Å². The zero-order valence-electron chi connectivity index (χ0n) is 14.8. The molecule has 1 N–H and O–H groups in total. The zero-order chi connectivity index (χ0) is 20.0. The maximum atomic E-state index is 12.6.